The normalized spacial score (nSPS) is 10.4. The van der Waals surface area contributed by atoms with E-state index in [1.54, 1.807) is 44.5 Å². The maximum Gasteiger partial charge on any atom is 0.293 e. The average Bonchev–Trinajstić information content (AvgIpc) is 3.17. The Morgan fingerprint density at radius 3 is 2.46 bits per heavy atom. The van der Waals surface area contributed by atoms with E-state index in [1.807, 2.05) is 0 Å². The number of hydrogen-bond acceptors (Lipinski definition) is 8. The van der Waals surface area contributed by atoms with Gasteiger partial charge in [0.2, 0.25) is 5.82 Å². The fourth-order valence-electron chi connectivity index (χ4n) is 2.46. The van der Waals surface area contributed by atoms with Crippen LogP contribution in [0.15, 0.2) is 40.9 Å². The number of anilines is 1. The Kier molecular flexibility index (Phi) is 4.70. The van der Waals surface area contributed by atoms with E-state index in [1.165, 1.54) is 13.2 Å². The number of rotatable bonds is 6. The summed E-state index contributed by atoms with van der Waals surface area (Å²) >= 11 is 0. The van der Waals surface area contributed by atoms with E-state index in [4.69, 9.17) is 14.0 Å². The van der Waals surface area contributed by atoms with E-state index < -0.39 is 4.92 Å². The Balaban J connectivity index is 1.98. The maximum atomic E-state index is 11.2. The molecule has 1 N–H and O–H groups in total. The van der Waals surface area contributed by atoms with Gasteiger partial charge in [0, 0.05) is 24.2 Å². The first-order valence-corrected chi connectivity index (χ1v) is 7.60. The van der Waals surface area contributed by atoms with Gasteiger partial charge in [0.1, 0.15) is 5.69 Å². The molecule has 0 aliphatic heterocycles. The molecule has 0 amide bonds. The molecule has 0 aliphatic rings. The highest BCUT2D eigenvalue weighted by atomic mass is 16.6. The summed E-state index contributed by atoms with van der Waals surface area (Å²) in [6.07, 6.45) is 0. The largest absolute Gasteiger partial charge is 0.493 e. The van der Waals surface area contributed by atoms with Crippen LogP contribution in [0, 0.1) is 10.1 Å². The second kappa shape index (κ2) is 7.09. The Hall–Kier alpha value is -3.62. The lowest BCUT2D eigenvalue weighted by Crippen LogP contribution is -1.96. The lowest BCUT2D eigenvalue weighted by atomic mass is 10.1. The molecule has 1 aromatic heterocycles. The van der Waals surface area contributed by atoms with Crippen LogP contribution in [-0.2, 0) is 0 Å². The van der Waals surface area contributed by atoms with Gasteiger partial charge in [0.25, 0.3) is 11.6 Å². The molecule has 2 aromatic carbocycles. The third-order valence-corrected chi connectivity index (χ3v) is 3.78. The number of benzene rings is 2. The van der Waals surface area contributed by atoms with E-state index in [2.05, 4.69) is 15.5 Å². The van der Waals surface area contributed by atoms with Crippen molar-refractivity contribution in [2.75, 3.05) is 26.6 Å². The van der Waals surface area contributed by atoms with Crippen molar-refractivity contribution in [3.63, 3.8) is 0 Å². The first kappa shape index (κ1) is 17.2. The van der Waals surface area contributed by atoms with Crippen LogP contribution >= 0.6 is 0 Å². The number of nitrogens with zero attached hydrogens (tertiary/aromatic N) is 3. The van der Waals surface area contributed by atoms with E-state index >= 15 is 0 Å². The molecule has 9 nitrogen and oxygen atoms in total. The van der Waals surface area contributed by atoms with Crippen molar-refractivity contribution in [1.29, 1.82) is 0 Å². The van der Waals surface area contributed by atoms with Gasteiger partial charge in [-0.25, -0.2) is 0 Å². The molecule has 3 aromatic rings. The predicted molar refractivity (Wildman–Crippen MR) is 94.5 cm³/mol. The summed E-state index contributed by atoms with van der Waals surface area (Å²) in [6, 6.07) is 9.87. The number of hydrogen-bond donors (Lipinski definition) is 1. The molecule has 0 unspecified atom stereocenters. The van der Waals surface area contributed by atoms with Crippen LogP contribution in [0.5, 0.6) is 11.5 Å². The van der Waals surface area contributed by atoms with E-state index in [0.717, 1.165) is 0 Å². The minimum Gasteiger partial charge on any atom is -0.493 e. The van der Waals surface area contributed by atoms with E-state index in [-0.39, 0.29) is 11.6 Å². The smallest absolute Gasteiger partial charge is 0.293 e. The molecule has 0 bridgehead atoms. The topological polar surface area (TPSA) is 113 Å². The fraction of sp³-hybridized carbons (Fsp3) is 0.176. The lowest BCUT2D eigenvalue weighted by Gasteiger charge is -2.07. The van der Waals surface area contributed by atoms with E-state index in [0.29, 0.717) is 34.1 Å². The minimum absolute atomic E-state index is 0.0733. The van der Waals surface area contributed by atoms with Crippen LogP contribution in [0.2, 0.25) is 0 Å². The number of nitro groups is 1. The zero-order chi connectivity index (χ0) is 18.7. The van der Waals surface area contributed by atoms with Crippen LogP contribution < -0.4 is 14.8 Å². The first-order chi connectivity index (χ1) is 12.6. The summed E-state index contributed by atoms with van der Waals surface area (Å²) in [4.78, 5) is 15.0. The van der Waals surface area contributed by atoms with Crippen molar-refractivity contribution in [1.82, 2.24) is 10.1 Å². The highest BCUT2D eigenvalue weighted by Gasteiger charge is 2.18. The van der Waals surface area contributed by atoms with Gasteiger partial charge in [0.15, 0.2) is 11.5 Å². The summed E-state index contributed by atoms with van der Waals surface area (Å²) in [5.74, 6) is 1.63. The lowest BCUT2D eigenvalue weighted by molar-refractivity contribution is -0.383. The predicted octanol–water partition coefficient (Wildman–Crippen LogP) is 3.37. The third kappa shape index (κ3) is 3.14. The molecule has 134 valence electrons. The van der Waals surface area contributed by atoms with Gasteiger partial charge >= 0.3 is 0 Å². The molecule has 1 heterocycles. The summed E-state index contributed by atoms with van der Waals surface area (Å²) < 4.78 is 15.7. The van der Waals surface area contributed by atoms with Crippen molar-refractivity contribution in [3.05, 3.63) is 46.5 Å². The van der Waals surface area contributed by atoms with E-state index in [9.17, 15) is 10.1 Å². The maximum absolute atomic E-state index is 11.2. The zero-order valence-electron chi connectivity index (χ0n) is 14.3. The number of ether oxygens (including phenoxy) is 2. The van der Waals surface area contributed by atoms with Gasteiger partial charge in [-0.05, 0) is 30.3 Å². The number of nitrogens with one attached hydrogen (secondary N) is 1. The van der Waals surface area contributed by atoms with Crippen molar-refractivity contribution in [3.8, 4) is 34.3 Å². The Labute approximate surface area is 148 Å². The van der Waals surface area contributed by atoms with Crippen molar-refractivity contribution >= 4 is 11.4 Å². The molecule has 0 aliphatic carbocycles. The van der Waals surface area contributed by atoms with Crippen molar-refractivity contribution in [2.24, 2.45) is 0 Å². The molecule has 3 rings (SSSR count). The number of nitro benzene ring substituents is 1. The number of aromatic nitrogens is 2. The van der Waals surface area contributed by atoms with Crippen LogP contribution in [-0.4, -0.2) is 36.3 Å². The SMILES string of the molecule is CNc1ccc(-c2nc(-c3ccc(OC)c(OC)c3)no2)cc1[N+](=O)[O-]. The minimum atomic E-state index is -0.471. The monoisotopic (exact) mass is 356 g/mol. The number of methoxy groups -OCH3 is 2. The molecule has 0 radical (unpaired) electrons. The molecular formula is C17H16N4O5. The molecule has 0 spiro atoms. The Bertz CT molecular complexity index is 954. The van der Waals surface area contributed by atoms with Gasteiger partial charge < -0.3 is 19.3 Å². The molecule has 9 heteroatoms. The summed E-state index contributed by atoms with van der Waals surface area (Å²) in [5, 5.41) is 17.9. The summed E-state index contributed by atoms with van der Waals surface area (Å²) in [5.41, 5.74) is 1.45. The van der Waals surface area contributed by atoms with Gasteiger partial charge in [0.05, 0.1) is 19.1 Å². The van der Waals surface area contributed by atoms with Crippen molar-refractivity contribution in [2.45, 2.75) is 0 Å². The van der Waals surface area contributed by atoms with Gasteiger partial charge in [-0.15, -0.1) is 0 Å². The van der Waals surface area contributed by atoms with Crippen molar-refractivity contribution < 1.29 is 18.9 Å². The molecule has 26 heavy (non-hydrogen) atoms. The zero-order valence-corrected chi connectivity index (χ0v) is 14.3. The Morgan fingerprint density at radius 1 is 1.08 bits per heavy atom. The van der Waals surface area contributed by atoms with Gasteiger partial charge in [-0.2, -0.15) is 4.98 Å². The average molecular weight is 356 g/mol. The van der Waals surface area contributed by atoms with Crippen LogP contribution in [0.3, 0.4) is 0 Å². The molecule has 0 saturated heterocycles. The van der Waals surface area contributed by atoms with Crippen LogP contribution in [0.25, 0.3) is 22.8 Å². The molecule has 0 saturated carbocycles. The highest BCUT2D eigenvalue weighted by molar-refractivity contribution is 5.70. The third-order valence-electron chi connectivity index (χ3n) is 3.78. The quantitative estimate of drug-likeness (QED) is 0.528. The first-order valence-electron chi connectivity index (χ1n) is 7.60. The second-order valence-corrected chi connectivity index (χ2v) is 5.23. The van der Waals surface area contributed by atoms with Gasteiger partial charge in [-0.1, -0.05) is 5.16 Å². The Morgan fingerprint density at radius 2 is 1.81 bits per heavy atom. The standard InChI is InChI=1S/C17H16N4O5/c1-18-12-6-4-11(8-13(12)21(22)23)17-19-16(20-26-17)10-5-7-14(24-2)15(9-10)25-3/h4-9,18H,1-3H3. The summed E-state index contributed by atoms with van der Waals surface area (Å²) in [6.45, 7) is 0. The molecule has 0 atom stereocenters. The van der Waals surface area contributed by atoms with Gasteiger partial charge in [-0.3, -0.25) is 10.1 Å². The highest BCUT2D eigenvalue weighted by Crippen LogP contribution is 2.33. The summed E-state index contributed by atoms with van der Waals surface area (Å²) in [7, 11) is 4.70. The second-order valence-electron chi connectivity index (χ2n) is 5.23. The molecule has 0 fully saturated rings. The fourth-order valence-corrected chi connectivity index (χ4v) is 2.46. The van der Waals surface area contributed by atoms with Crippen LogP contribution in [0.1, 0.15) is 0 Å². The molecular weight excluding hydrogens is 340 g/mol. The van der Waals surface area contributed by atoms with Crippen LogP contribution in [0.4, 0.5) is 11.4 Å².